The van der Waals surface area contributed by atoms with Gasteiger partial charge in [0.25, 0.3) is 0 Å². The van der Waals surface area contributed by atoms with Crippen molar-refractivity contribution in [2.75, 3.05) is 0 Å². The predicted molar refractivity (Wildman–Crippen MR) is 69.6 cm³/mol. The maximum atomic E-state index is 12.8. The first-order chi connectivity index (χ1) is 8.20. The van der Waals surface area contributed by atoms with Gasteiger partial charge in [0.2, 0.25) is 0 Å². The van der Waals surface area contributed by atoms with Crippen LogP contribution in [0.15, 0.2) is 52.3 Å². The third-order valence-electron chi connectivity index (χ3n) is 2.55. The minimum Gasteiger partial charge on any atom is -0.326 e. The second kappa shape index (κ2) is 5.34. The predicted octanol–water partition coefficient (Wildman–Crippen LogP) is 3.74. The van der Waals surface area contributed by atoms with E-state index in [1.165, 1.54) is 22.6 Å². The van der Waals surface area contributed by atoms with Crippen LogP contribution in [0.25, 0.3) is 0 Å². The van der Waals surface area contributed by atoms with Crippen molar-refractivity contribution in [3.05, 3.63) is 59.4 Å². The summed E-state index contributed by atoms with van der Waals surface area (Å²) in [5.74, 6) is -0.210. The molecule has 3 heteroatoms. The fourth-order valence-corrected chi connectivity index (χ4v) is 2.66. The van der Waals surface area contributed by atoms with Gasteiger partial charge in [0, 0.05) is 16.3 Å². The maximum Gasteiger partial charge on any atom is 0.123 e. The normalized spacial score (nSPS) is 10.5. The molecule has 88 valence electrons. The number of nitrogens with two attached hydrogens (primary N) is 1. The Morgan fingerprint density at radius 2 is 1.82 bits per heavy atom. The molecule has 0 aliphatic rings. The highest BCUT2D eigenvalue weighted by atomic mass is 32.2. The molecular weight excluding hydrogens is 233 g/mol. The van der Waals surface area contributed by atoms with Crippen LogP contribution in [0.5, 0.6) is 0 Å². The molecule has 0 fully saturated rings. The van der Waals surface area contributed by atoms with E-state index in [1.54, 1.807) is 23.9 Å². The number of halogens is 1. The lowest BCUT2D eigenvalue weighted by atomic mass is 10.1. The molecule has 0 spiro atoms. The first-order valence-electron chi connectivity index (χ1n) is 5.42. The van der Waals surface area contributed by atoms with Crippen molar-refractivity contribution in [3.8, 4) is 0 Å². The highest BCUT2D eigenvalue weighted by Crippen LogP contribution is 2.33. The number of hydrogen-bond acceptors (Lipinski definition) is 2. The molecular formula is C14H14FNS. The molecule has 2 aromatic rings. The quantitative estimate of drug-likeness (QED) is 0.894. The topological polar surface area (TPSA) is 26.0 Å². The van der Waals surface area contributed by atoms with Crippen LogP contribution in [0.1, 0.15) is 11.1 Å². The fraction of sp³-hybridized carbons (Fsp3) is 0.143. The van der Waals surface area contributed by atoms with Gasteiger partial charge in [0.1, 0.15) is 5.82 Å². The summed E-state index contributed by atoms with van der Waals surface area (Å²) >= 11 is 1.63. The molecule has 2 rings (SSSR count). The Balaban J connectivity index is 2.32. The van der Waals surface area contributed by atoms with Crippen molar-refractivity contribution in [1.82, 2.24) is 0 Å². The summed E-state index contributed by atoms with van der Waals surface area (Å²) in [5, 5.41) is 0. The second-order valence-electron chi connectivity index (χ2n) is 3.82. The first kappa shape index (κ1) is 12.1. The van der Waals surface area contributed by atoms with Gasteiger partial charge in [-0.3, -0.25) is 0 Å². The average Bonchev–Trinajstić information content (AvgIpc) is 2.34. The number of rotatable bonds is 3. The molecule has 0 aliphatic carbocycles. The second-order valence-corrected chi connectivity index (χ2v) is 4.91. The molecule has 0 atom stereocenters. The van der Waals surface area contributed by atoms with Crippen molar-refractivity contribution in [3.63, 3.8) is 0 Å². The summed E-state index contributed by atoms with van der Waals surface area (Å²) < 4.78 is 12.8. The minimum atomic E-state index is -0.210. The van der Waals surface area contributed by atoms with Gasteiger partial charge >= 0.3 is 0 Å². The SMILES string of the molecule is Cc1cccc(CN)c1Sc1ccc(F)cc1. The summed E-state index contributed by atoms with van der Waals surface area (Å²) in [5.41, 5.74) is 8.04. The van der Waals surface area contributed by atoms with Gasteiger partial charge in [-0.15, -0.1) is 0 Å². The fourth-order valence-electron chi connectivity index (χ4n) is 1.64. The minimum absolute atomic E-state index is 0.210. The molecule has 0 amide bonds. The third-order valence-corrected chi connectivity index (χ3v) is 3.84. The van der Waals surface area contributed by atoms with Crippen molar-refractivity contribution in [1.29, 1.82) is 0 Å². The van der Waals surface area contributed by atoms with Gasteiger partial charge in [-0.2, -0.15) is 0 Å². The van der Waals surface area contributed by atoms with Gasteiger partial charge in [0.05, 0.1) is 0 Å². The zero-order valence-corrected chi connectivity index (χ0v) is 10.4. The van der Waals surface area contributed by atoms with Gasteiger partial charge in [-0.05, 0) is 42.3 Å². The van der Waals surface area contributed by atoms with Gasteiger partial charge in [-0.25, -0.2) is 4.39 Å². The van der Waals surface area contributed by atoms with Crippen LogP contribution in [0.2, 0.25) is 0 Å². The maximum absolute atomic E-state index is 12.8. The van der Waals surface area contributed by atoms with Crippen LogP contribution in [-0.2, 0) is 6.54 Å². The molecule has 17 heavy (non-hydrogen) atoms. The van der Waals surface area contributed by atoms with Crippen LogP contribution in [0.4, 0.5) is 4.39 Å². The van der Waals surface area contributed by atoms with E-state index in [0.717, 1.165) is 10.5 Å². The highest BCUT2D eigenvalue weighted by Gasteiger charge is 2.06. The first-order valence-corrected chi connectivity index (χ1v) is 6.24. The van der Waals surface area contributed by atoms with Crippen molar-refractivity contribution < 1.29 is 4.39 Å². The molecule has 1 nitrogen and oxygen atoms in total. The average molecular weight is 247 g/mol. The lowest BCUT2D eigenvalue weighted by molar-refractivity contribution is 0.626. The number of benzene rings is 2. The Labute approximate surface area is 105 Å². The molecule has 0 saturated heterocycles. The van der Waals surface area contributed by atoms with E-state index < -0.39 is 0 Å². The molecule has 0 aromatic heterocycles. The summed E-state index contributed by atoms with van der Waals surface area (Å²) in [6.07, 6.45) is 0. The Kier molecular flexibility index (Phi) is 3.82. The molecule has 0 bridgehead atoms. The van der Waals surface area contributed by atoms with Gasteiger partial charge in [-0.1, -0.05) is 30.0 Å². The summed E-state index contributed by atoms with van der Waals surface area (Å²) in [7, 11) is 0. The zero-order chi connectivity index (χ0) is 12.3. The van der Waals surface area contributed by atoms with E-state index in [2.05, 4.69) is 13.0 Å². The van der Waals surface area contributed by atoms with E-state index in [4.69, 9.17) is 5.73 Å². The van der Waals surface area contributed by atoms with Crippen LogP contribution in [0.3, 0.4) is 0 Å². The van der Waals surface area contributed by atoms with Crippen LogP contribution in [-0.4, -0.2) is 0 Å². The Morgan fingerprint density at radius 1 is 1.12 bits per heavy atom. The lowest BCUT2D eigenvalue weighted by Crippen LogP contribution is -1.99. The largest absolute Gasteiger partial charge is 0.326 e. The van der Waals surface area contributed by atoms with Crippen LogP contribution < -0.4 is 5.73 Å². The van der Waals surface area contributed by atoms with E-state index in [9.17, 15) is 4.39 Å². The summed E-state index contributed by atoms with van der Waals surface area (Å²) in [6.45, 7) is 2.58. The zero-order valence-electron chi connectivity index (χ0n) is 9.61. The molecule has 0 heterocycles. The summed E-state index contributed by atoms with van der Waals surface area (Å²) in [6, 6.07) is 12.6. The smallest absolute Gasteiger partial charge is 0.123 e. The van der Waals surface area contributed by atoms with E-state index in [0.29, 0.717) is 6.54 Å². The highest BCUT2D eigenvalue weighted by molar-refractivity contribution is 7.99. The molecule has 0 radical (unpaired) electrons. The Morgan fingerprint density at radius 3 is 2.47 bits per heavy atom. The Hall–Kier alpha value is -1.32. The lowest BCUT2D eigenvalue weighted by Gasteiger charge is -2.10. The van der Waals surface area contributed by atoms with Crippen LogP contribution in [0, 0.1) is 12.7 Å². The molecule has 2 N–H and O–H groups in total. The third kappa shape index (κ3) is 2.87. The summed E-state index contributed by atoms with van der Waals surface area (Å²) in [4.78, 5) is 2.19. The van der Waals surface area contributed by atoms with Crippen molar-refractivity contribution in [2.45, 2.75) is 23.3 Å². The molecule has 2 aromatic carbocycles. The van der Waals surface area contributed by atoms with E-state index >= 15 is 0 Å². The number of hydrogen-bond donors (Lipinski definition) is 1. The Bertz CT molecular complexity index is 508. The van der Waals surface area contributed by atoms with Crippen molar-refractivity contribution in [2.24, 2.45) is 5.73 Å². The van der Waals surface area contributed by atoms with Crippen molar-refractivity contribution >= 4 is 11.8 Å². The van der Waals surface area contributed by atoms with E-state index in [-0.39, 0.29) is 5.82 Å². The number of aryl methyl sites for hydroxylation is 1. The molecule has 0 unspecified atom stereocenters. The van der Waals surface area contributed by atoms with Crippen LogP contribution >= 0.6 is 11.8 Å². The molecule has 0 aliphatic heterocycles. The van der Waals surface area contributed by atoms with Gasteiger partial charge in [0.15, 0.2) is 0 Å². The molecule has 0 saturated carbocycles. The standard InChI is InChI=1S/C14H14FNS/c1-10-3-2-4-11(9-16)14(10)17-13-7-5-12(15)6-8-13/h2-8H,9,16H2,1H3. The van der Waals surface area contributed by atoms with E-state index in [1.807, 2.05) is 12.1 Å². The monoisotopic (exact) mass is 247 g/mol. The van der Waals surface area contributed by atoms with Gasteiger partial charge < -0.3 is 5.73 Å².